The van der Waals surface area contributed by atoms with Gasteiger partial charge in [0.1, 0.15) is 45.1 Å². The minimum Gasteiger partial charge on any atom is -0.495 e. The topological polar surface area (TPSA) is 389 Å². The molecule has 0 fully saturated rings. The Bertz CT molecular complexity index is 4990. The molecule has 0 saturated heterocycles. The maximum absolute atomic E-state index is 13.9. The van der Waals surface area contributed by atoms with E-state index in [4.69, 9.17) is 37.2 Å². The number of aryl methyl sites for hydroxylation is 1. The molecular formula is C63H48O27S8. The standard InChI is InChI=1S/C63H48O27S8/c1-37-3-20-49(21-4-37)95(68,69)50-24-15-46(16-25-50)81-45-13-5-38(6-14-45)52-26-17-47(35-59(52)93-89-85-66)80-36-55-53(39-7-18-48(19-8-39)91-87-83-64)29-43(32-58(55)92-88-84-65)44-30-54(40-9-22-51(23-10-40)96(70,71)72)63(62(34-44)98(76,77)78)82-56-27-11-41(31-60(56)94-90-86-67)42-12-28-57(79-2)61(33-42)97(73,74)75/h3-35,64-67H,36H2,1-2H3,(H,70,71,72)(H,73,74,75)(H,76,77,78). The average Bonchev–Trinajstić information content (AvgIpc) is 0.759. The van der Waals surface area contributed by atoms with E-state index in [1.54, 1.807) is 97.1 Å². The molecule has 10 rings (SSSR count). The van der Waals surface area contributed by atoms with E-state index in [2.05, 4.69) is 24.5 Å². The molecule has 98 heavy (non-hydrogen) atoms. The zero-order valence-electron chi connectivity index (χ0n) is 49.8. The lowest BCUT2D eigenvalue weighted by molar-refractivity contribution is -0.432. The van der Waals surface area contributed by atoms with Crippen LogP contribution in [0.4, 0.5) is 0 Å². The highest BCUT2D eigenvalue weighted by molar-refractivity contribution is 7.95. The fraction of sp³-hybridized carbons (Fsp3) is 0.0476. The molecule has 0 unspecified atom stereocenters. The number of hydrogen-bond donors (Lipinski definition) is 7. The van der Waals surface area contributed by atoms with E-state index in [-0.39, 0.29) is 76.8 Å². The molecule has 7 N–H and O–H groups in total. The summed E-state index contributed by atoms with van der Waals surface area (Å²) >= 11 is 2.07. The van der Waals surface area contributed by atoms with Gasteiger partial charge in [-0.05, 0) is 197 Å². The molecule has 10 aromatic rings. The third-order valence-electron chi connectivity index (χ3n) is 14.3. The van der Waals surface area contributed by atoms with Crippen molar-refractivity contribution in [3.63, 3.8) is 0 Å². The Morgan fingerprint density at radius 2 is 0.816 bits per heavy atom. The lowest BCUT2D eigenvalue weighted by atomic mass is 9.92. The summed E-state index contributed by atoms with van der Waals surface area (Å²) in [5.74, 6) is -0.0807. The molecule has 0 aliphatic carbocycles. The minimum absolute atomic E-state index is 0.0000902. The van der Waals surface area contributed by atoms with Gasteiger partial charge < -0.3 is 18.9 Å². The van der Waals surface area contributed by atoms with Crippen molar-refractivity contribution in [2.75, 3.05) is 7.11 Å². The summed E-state index contributed by atoms with van der Waals surface area (Å²) in [6.45, 7) is 1.53. The first-order valence-corrected chi connectivity index (χ1v) is 36.2. The van der Waals surface area contributed by atoms with Crippen molar-refractivity contribution in [2.24, 2.45) is 0 Å². The van der Waals surface area contributed by atoms with E-state index in [0.29, 0.717) is 97.3 Å². The van der Waals surface area contributed by atoms with Gasteiger partial charge >= 0.3 is 0 Å². The van der Waals surface area contributed by atoms with Crippen molar-refractivity contribution in [1.29, 1.82) is 0 Å². The SMILES string of the molecule is COc1ccc(-c2ccc(Oc3c(-c4ccc(S(=O)(=O)O)cc4)cc(-c4cc(SOOO)c(COc5ccc(-c6ccc(Oc7ccc(S(=O)(=O)c8ccc(C)cc8)cc7)cc6)c(SOOO)c5)c(-c5ccc(SOOO)cc5)c4)cc3S(=O)(=O)O)c(SOOO)c2)cc1S(=O)(=O)O. The van der Waals surface area contributed by atoms with Gasteiger partial charge in [0.15, 0.2) is 5.75 Å². The van der Waals surface area contributed by atoms with Gasteiger partial charge in [0, 0.05) is 20.9 Å². The molecule has 0 spiro atoms. The maximum Gasteiger partial charge on any atom is 0.298 e. The summed E-state index contributed by atoms with van der Waals surface area (Å²) in [7, 11) is -17.6. The number of hydrogen-bond acceptors (Lipinski definition) is 28. The third kappa shape index (κ3) is 17.7. The summed E-state index contributed by atoms with van der Waals surface area (Å²) in [6.07, 6.45) is 0. The predicted molar refractivity (Wildman–Crippen MR) is 353 cm³/mol. The zero-order chi connectivity index (χ0) is 69.9. The molecule has 27 nitrogen and oxygen atoms in total. The van der Waals surface area contributed by atoms with Crippen LogP contribution in [0, 0.1) is 6.92 Å². The second-order valence-corrected chi connectivity index (χ2v) is 29.4. The first-order chi connectivity index (χ1) is 46.9. The van der Waals surface area contributed by atoms with E-state index in [9.17, 15) is 63.1 Å². The molecule has 0 aromatic heterocycles. The Balaban J connectivity index is 1.04. The molecule has 0 radical (unpaired) electrons. The highest BCUT2D eigenvalue weighted by Crippen LogP contribution is 2.48. The van der Waals surface area contributed by atoms with Gasteiger partial charge in [-0.25, -0.2) is 29.4 Å². The summed E-state index contributed by atoms with van der Waals surface area (Å²) in [5, 5.41) is 52.6. The van der Waals surface area contributed by atoms with Crippen molar-refractivity contribution in [2.45, 2.75) is 57.6 Å². The summed E-state index contributed by atoms with van der Waals surface area (Å²) in [6, 6.07) is 48.3. The van der Waals surface area contributed by atoms with Crippen LogP contribution in [-0.4, -0.2) is 75.5 Å². The van der Waals surface area contributed by atoms with Crippen molar-refractivity contribution in [1.82, 2.24) is 0 Å². The van der Waals surface area contributed by atoms with Crippen LogP contribution < -0.4 is 18.9 Å². The van der Waals surface area contributed by atoms with E-state index in [1.165, 1.54) is 86.0 Å². The molecule has 10 aromatic carbocycles. The van der Waals surface area contributed by atoms with Crippen LogP contribution >= 0.6 is 48.2 Å². The Morgan fingerprint density at radius 1 is 0.367 bits per heavy atom. The largest absolute Gasteiger partial charge is 0.495 e. The molecule has 0 atom stereocenters. The fourth-order valence-corrected chi connectivity index (χ4v) is 14.7. The lowest BCUT2D eigenvalue weighted by Crippen LogP contribution is -2.05. The van der Waals surface area contributed by atoms with Gasteiger partial charge in [-0.3, -0.25) is 13.7 Å². The highest BCUT2D eigenvalue weighted by atomic mass is 32.2. The van der Waals surface area contributed by atoms with Crippen LogP contribution in [0.3, 0.4) is 0 Å². The van der Waals surface area contributed by atoms with Crippen LogP contribution in [0.15, 0.2) is 244 Å². The van der Waals surface area contributed by atoms with Gasteiger partial charge in [0.25, 0.3) is 30.4 Å². The fourth-order valence-electron chi connectivity index (χ4n) is 9.72. The first-order valence-electron chi connectivity index (χ1n) is 27.4. The second-order valence-electron chi connectivity index (χ2n) is 20.2. The van der Waals surface area contributed by atoms with Crippen molar-refractivity contribution in [3.05, 3.63) is 211 Å². The molecule has 0 aliphatic rings. The molecule has 0 heterocycles. The van der Waals surface area contributed by atoms with Gasteiger partial charge in [-0.15, -0.1) is 17.3 Å². The van der Waals surface area contributed by atoms with Crippen LogP contribution in [0.25, 0.3) is 55.6 Å². The van der Waals surface area contributed by atoms with Gasteiger partial charge in [-0.1, -0.05) is 86.4 Å². The number of methoxy groups -OCH3 is 1. The number of sulfone groups is 1. The Labute approximate surface area is 575 Å². The van der Waals surface area contributed by atoms with Crippen molar-refractivity contribution in [3.8, 4) is 90.1 Å². The van der Waals surface area contributed by atoms with Gasteiger partial charge in [0.2, 0.25) is 9.84 Å². The second kappa shape index (κ2) is 31.9. The minimum atomic E-state index is -5.41. The summed E-state index contributed by atoms with van der Waals surface area (Å²) in [5.41, 5.74) is 3.60. The monoisotopic (exact) mass is 1490 g/mol. The molecule has 0 saturated carbocycles. The van der Waals surface area contributed by atoms with Gasteiger partial charge in [-0.2, -0.15) is 25.3 Å². The Morgan fingerprint density at radius 3 is 1.41 bits per heavy atom. The quantitative estimate of drug-likeness (QED) is 0.00951. The van der Waals surface area contributed by atoms with Crippen LogP contribution in [0.2, 0.25) is 0 Å². The molecule has 0 amide bonds. The van der Waals surface area contributed by atoms with Crippen LogP contribution in [0.1, 0.15) is 11.1 Å². The number of rotatable bonds is 30. The Hall–Kier alpha value is -8.00. The van der Waals surface area contributed by atoms with Crippen molar-refractivity contribution >= 4 is 88.4 Å². The normalized spacial score (nSPS) is 12.0. The van der Waals surface area contributed by atoms with E-state index in [1.807, 2.05) is 6.92 Å². The molecule has 35 heteroatoms. The predicted octanol–water partition coefficient (Wildman–Crippen LogP) is 15.8. The van der Waals surface area contributed by atoms with Crippen LogP contribution in [0.5, 0.6) is 34.5 Å². The Kier molecular flexibility index (Phi) is 23.7. The smallest absolute Gasteiger partial charge is 0.298 e. The van der Waals surface area contributed by atoms with E-state index in [0.717, 1.165) is 29.8 Å². The van der Waals surface area contributed by atoms with Crippen LogP contribution in [-0.2, 0) is 84.3 Å². The zero-order valence-corrected chi connectivity index (χ0v) is 56.4. The van der Waals surface area contributed by atoms with E-state index >= 15 is 0 Å². The summed E-state index contributed by atoms with van der Waals surface area (Å²) in [4.78, 5) is -1.00. The van der Waals surface area contributed by atoms with Gasteiger partial charge in [0.05, 0.1) is 79.8 Å². The number of ether oxygens (including phenoxy) is 4. The highest BCUT2D eigenvalue weighted by Gasteiger charge is 2.28. The molecule has 510 valence electrons. The number of benzene rings is 10. The molecular weight excluding hydrogens is 1450 g/mol. The molecule has 0 aliphatic heterocycles. The van der Waals surface area contributed by atoms with Crippen molar-refractivity contribution < 1.29 is 125 Å². The lowest BCUT2D eigenvalue weighted by Gasteiger charge is -2.21. The molecule has 0 bridgehead atoms. The summed E-state index contributed by atoms with van der Waals surface area (Å²) < 4.78 is 178. The van der Waals surface area contributed by atoms with E-state index < -0.39 is 60.6 Å². The average molecular weight is 1490 g/mol. The third-order valence-corrected chi connectivity index (χ3v) is 21.2. The first kappa shape index (κ1) is 72.7. The maximum atomic E-state index is 13.9.